The lowest BCUT2D eigenvalue weighted by atomic mass is 10.1. The standard InChI is InChI=1S/C16H15ClN2O2/c1-10-9-12(7-8-14(10)17)16(20)18-15-6-4-3-5-13(15)11(2)19-21/h3-9,21H,1-2H3,(H,18,20)/b19-11-. The highest BCUT2D eigenvalue weighted by atomic mass is 35.5. The summed E-state index contributed by atoms with van der Waals surface area (Å²) in [6, 6.07) is 12.2. The molecule has 0 unspecified atom stereocenters. The Bertz CT molecular complexity index is 711. The molecule has 0 fully saturated rings. The van der Waals surface area contributed by atoms with Gasteiger partial charge in [-0.15, -0.1) is 0 Å². The van der Waals surface area contributed by atoms with Crippen LogP contribution in [0.1, 0.15) is 28.4 Å². The second-order valence-corrected chi connectivity index (χ2v) is 5.06. The number of hydrogen-bond donors (Lipinski definition) is 2. The zero-order valence-electron chi connectivity index (χ0n) is 11.7. The number of nitrogens with one attached hydrogen (secondary N) is 1. The summed E-state index contributed by atoms with van der Waals surface area (Å²) in [4.78, 5) is 12.3. The zero-order valence-corrected chi connectivity index (χ0v) is 12.5. The van der Waals surface area contributed by atoms with Crippen LogP contribution >= 0.6 is 11.6 Å². The van der Waals surface area contributed by atoms with E-state index in [4.69, 9.17) is 16.8 Å². The van der Waals surface area contributed by atoms with E-state index in [0.717, 1.165) is 5.56 Å². The quantitative estimate of drug-likeness (QED) is 0.509. The van der Waals surface area contributed by atoms with E-state index < -0.39 is 0 Å². The number of halogens is 1. The van der Waals surface area contributed by atoms with Gasteiger partial charge in [-0.25, -0.2) is 0 Å². The Balaban J connectivity index is 2.30. The molecule has 0 aliphatic rings. The van der Waals surface area contributed by atoms with Crippen molar-refractivity contribution in [3.05, 3.63) is 64.2 Å². The number of aryl methyl sites for hydroxylation is 1. The summed E-state index contributed by atoms with van der Waals surface area (Å²) in [6.45, 7) is 3.51. The maximum Gasteiger partial charge on any atom is 0.255 e. The summed E-state index contributed by atoms with van der Waals surface area (Å²) in [5, 5.41) is 15.5. The van der Waals surface area contributed by atoms with Gasteiger partial charge in [-0.05, 0) is 43.7 Å². The maximum atomic E-state index is 12.3. The van der Waals surface area contributed by atoms with E-state index >= 15 is 0 Å². The van der Waals surface area contributed by atoms with Gasteiger partial charge >= 0.3 is 0 Å². The maximum absolute atomic E-state index is 12.3. The summed E-state index contributed by atoms with van der Waals surface area (Å²) in [7, 11) is 0. The number of carbonyl (C=O) groups excluding carboxylic acids is 1. The molecule has 0 bridgehead atoms. The highest BCUT2D eigenvalue weighted by molar-refractivity contribution is 6.31. The van der Waals surface area contributed by atoms with Crippen LogP contribution in [0.5, 0.6) is 0 Å². The van der Waals surface area contributed by atoms with E-state index in [1.54, 1.807) is 43.3 Å². The molecule has 1 amide bonds. The molecule has 0 aromatic heterocycles. The Labute approximate surface area is 128 Å². The molecule has 21 heavy (non-hydrogen) atoms. The lowest BCUT2D eigenvalue weighted by Gasteiger charge is -2.10. The average Bonchev–Trinajstić information content (AvgIpc) is 2.49. The summed E-state index contributed by atoms with van der Waals surface area (Å²) >= 11 is 5.96. The van der Waals surface area contributed by atoms with E-state index in [0.29, 0.717) is 27.5 Å². The largest absolute Gasteiger partial charge is 0.411 e. The summed E-state index contributed by atoms with van der Waals surface area (Å²) < 4.78 is 0. The lowest BCUT2D eigenvalue weighted by Crippen LogP contribution is -2.14. The number of hydrogen-bond acceptors (Lipinski definition) is 3. The first kappa shape index (κ1) is 15.1. The van der Waals surface area contributed by atoms with Crippen LogP contribution in [0, 0.1) is 6.92 Å². The van der Waals surface area contributed by atoms with Gasteiger partial charge in [-0.3, -0.25) is 4.79 Å². The van der Waals surface area contributed by atoms with Gasteiger partial charge in [-0.2, -0.15) is 0 Å². The van der Waals surface area contributed by atoms with Crippen molar-refractivity contribution in [2.75, 3.05) is 5.32 Å². The number of carbonyl (C=O) groups is 1. The Hall–Kier alpha value is -2.33. The van der Waals surface area contributed by atoms with Crippen molar-refractivity contribution in [3.63, 3.8) is 0 Å². The molecule has 0 aliphatic heterocycles. The molecule has 2 aromatic carbocycles. The van der Waals surface area contributed by atoms with Crippen molar-refractivity contribution < 1.29 is 10.0 Å². The minimum atomic E-state index is -0.243. The number of para-hydroxylation sites is 1. The number of nitrogens with zero attached hydrogens (tertiary/aromatic N) is 1. The molecule has 0 saturated carbocycles. The molecule has 0 saturated heterocycles. The molecule has 108 valence electrons. The van der Waals surface area contributed by atoms with E-state index in [9.17, 15) is 4.79 Å². The third-order valence-corrected chi connectivity index (χ3v) is 3.56. The Morgan fingerprint density at radius 2 is 1.95 bits per heavy atom. The average molecular weight is 303 g/mol. The molecule has 4 nitrogen and oxygen atoms in total. The Kier molecular flexibility index (Phi) is 4.60. The minimum Gasteiger partial charge on any atom is -0.411 e. The molecule has 0 heterocycles. The van der Waals surface area contributed by atoms with E-state index in [2.05, 4.69) is 10.5 Å². The van der Waals surface area contributed by atoms with Gasteiger partial charge in [0.1, 0.15) is 0 Å². The molecule has 2 rings (SSSR count). The van der Waals surface area contributed by atoms with Crippen molar-refractivity contribution in [1.29, 1.82) is 0 Å². The van der Waals surface area contributed by atoms with Crippen LogP contribution in [0.3, 0.4) is 0 Å². The van der Waals surface area contributed by atoms with E-state index in [1.165, 1.54) is 0 Å². The summed E-state index contributed by atoms with van der Waals surface area (Å²) in [6.07, 6.45) is 0. The van der Waals surface area contributed by atoms with Crippen molar-refractivity contribution in [2.45, 2.75) is 13.8 Å². The highest BCUT2D eigenvalue weighted by Gasteiger charge is 2.11. The molecule has 0 atom stereocenters. The topological polar surface area (TPSA) is 61.7 Å². The van der Waals surface area contributed by atoms with Gasteiger partial charge in [0.25, 0.3) is 5.91 Å². The highest BCUT2D eigenvalue weighted by Crippen LogP contribution is 2.20. The normalized spacial score (nSPS) is 11.3. The zero-order chi connectivity index (χ0) is 15.4. The van der Waals surface area contributed by atoms with Crippen molar-refractivity contribution in [3.8, 4) is 0 Å². The molecular formula is C16H15ClN2O2. The lowest BCUT2D eigenvalue weighted by molar-refractivity contribution is 0.102. The molecule has 2 aromatic rings. The molecular weight excluding hydrogens is 288 g/mol. The van der Waals surface area contributed by atoms with Gasteiger partial charge in [0.05, 0.1) is 11.4 Å². The SMILES string of the molecule is C/C(=N/O)c1ccccc1NC(=O)c1ccc(Cl)c(C)c1. The molecule has 5 heteroatoms. The molecule has 0 spiro atoms. The van der Waals surface area contributed by atoms with Crippen LogP contribution in [0.2, 0.25) is 5.02 Å². The molecule has 0 radical (unpaired) electrons. The number of amides is 1. The van der Waals surface area contributed by atoms with Crippen molar-refractivity contribution >= 4 is 28.9 Å². The van der Waals surface area contributed by atoms with Crippen LogP contribution < -0.4 is 5.32 Å². The summed E-state index contributed by atoms with van der Waals surface area (Å²) in [5.41, 5.74) is 3.04. The first-order valence-electron chi connectivity index (χ1n) is 6.38. The fourth-order valence-electron chi connectivity index (χ4n) is 1.94. The number of benzene rings is 2. The van der Waals surface area contributed by atoms with Crippen LogP contribution in [0.15, 0.2) is 47.6 Å². The second kappa shape index (κ2) is 6.41. The number of anilines is 1. The smallest absolute Gasteiger partial charge is 0.255 e. The fourth-order valence-corrected chi connectivity index (χ4v) is 2.06. The monoisotopic (exact) mass is 302 g/mol. The molecule has 2 N–H and O–H groups in total. The second-order valence-electron chi connectivity index (χ2n) is 4.65. The number of rotatable bonds is 3. The van der Waals surface area contributed by atoms with Crippen LogP contribution in [0.25, 0.3) is 0 Å². The predicted molar refractivity (Wildman–Crippen MR) is 84.6 cm³/mol. The third-order valence-electron chi connectivity index (χ3n) is 3.14. The van der Waals surface area contributed by atoms with Gasteiger partial charge in [0.2, 0.25) is 0 Å². The summed E-state index contributed by atoms with van der Waals surface area (Å²) in [5.74, 6) is -0.243. The van der Waals surface area contributed by atoms with Gasteiger partial charge in [-0.1, -0.05) is 35.0 Å². The van der Waals surface area contributed by atoms with Crippen LogP contribution in [0.4, 0.5) is 5.69 Å². The minimum absolute atomic E-state index is 0.243. The number of oxime groups is 1. The van der Waals surface area contributed by atoms with Crippen LogP contribution in [-0.4, -0.2) is 16.8 Å². The first-order chi connectivity index (χ1) is 10.0. The van der Waals surface area contributed by atoms with Crippen molar-refractivity contribution in [2.24, 2.45) is 5.16 Å². The van der Waals surface area contributed by atoms with Crippen molar-refractivity contribution in [1.82, 2.24) is 0 Å². The van der Waals surface area contributed by atoms with Gasteiger partial charge in [0, 0.05) is 16.1 Å². The Morgan fingerprint density at radius 3 is 2.62 bits per heavy atom. The van der Waals surface area contributed by atoms with E-state index in [-0.39, 0.29) is 5.91 Å². The van der Waals surface area contributed by atoms with Gasteiger partial charge in [0.15, 0.2) is 0 Å². The third kappa shape index (κ3) is 3.41. The van der Waals surface area contributed by atoms with E-state index in [1.807, 2.05) is 13.0 Å². The predicted octanol–water partition coefficient (Wildman–Crippen LogP) is 4.10. The first-order valence-corrected chi connectivity index (χ1v) is 6.76. The van der Waals surface area contributed by atoms with Crippen LogP contribution in [-0.2, 0) is 0 Å². The fraction of sp³-hybridized carbons (Fsp3) is 0.125. The van der Waals surface area contributed by atoms with Gasteiger partial charge < -0.3 is 10.5 Å². The molecule has 0 aliphatic carbocycles. The Morgan fingerprint density at radius 1 is 1.24 bits per heavy atom.